The summed E-state index contributed by atoms with van der Waals surface area (Å²) in [6.07, 6.45) is 2.02. The summed E-state index contributed by atoms with van der Waals surface area (Å²) in [6, 6.07) is 4.83. The lowest BCUT2D eigenvalue weighted by molar-refractivity contribution is -0.142. The minimum atomic E-state index is -1.05. The summed E-state index contributed by atoms with van der Waals surface area (Å²) >= 11 is 12.0. The van der Waals surface area contributed by atoms with E-state index < -0.39 is 5.60 Å². The van der Waals surface area contributed by atoms with Gasteiger partial charge in [0, 0.05) is 22.5 Å². The van der Waals surface area contributed by atoms with Gasteiger partial charge in [0.2, 0.25) is 0 Å². The van der Waals surface area contributed by atoms with Crippen molar-refractivity contribution in [3.8, 4) is 0 Å². The van der Waals surface area contributed by atoms with Crippen LogP contribution in [0, 0.1) is 0 Å². The maximum Gasteiger partial charge on any atom is 0.307 e. The second-order valence-electron chi connectivity index (χ2n) is 5.98. The Kier molecular flexibility index (Phi) is 5.78. The number of methoxy groups -OCH3 is 1. The number of rotatable bonds is 5. The standard InChI is InChI=1S/C17H19Cl2NO4/c1-10(4-15(21)23-3)20-16(22)17(2)8-12(9-24-17)11-5-13(18)7-14(19)6-11/h5-7,9-10H,4,8H2,1-3H3,(H,20,22)/t10-,17?/m0/s1. The highest BCUT2D eigenvalue weighted by atomic mass is 35.5. The number of carbonyl (C=O) groups is 2. The average molecular weight is 372 g/mol. The highest BCUT2D eigenvalue weighted by Crippen LogP contribution is 2.36. The molecule has 0 radical (unpaired) electrons. The normalized spacial score (nSPS) is 20.8. The molecule has 1 unspecified atom stereocenters. The Labute approximate surface area is 150 Å². The molecule has 130 valence electrons. The van der Waals surface area contributed by atoms with Crippen molar-refractivity contribution in [3.05, 3.63) is 40.1 Å². The predicted octanol–water partition coefficient (Wildman–Crippen LogP) is 3.58. The van der Waals surface area contributed by atoms with Gasteiger partial charge in [-0.2, -0.15) is 0 Å². The first-order valence-electron chi connectivity index (χ1n) is 7.44. The smallest absolute Gasteiger partial charge is 0.307 e. The topological polar surface area (TPSA) is 64.6 Å². The van der Waals surface area contributed by atoms with Gasteiger partial charge in [0.15, 0.2) is 5.60 Å². The summed E-state index contributed by atoms with van der Waals surface area (Å²) in [5.74, 6) is -0.675. The van der Waals surface area contributed by atoms with Crippen LogP contribution in [0.25, 0.3) is 5.57 Å². The number of esters is 1. The third-order valence-corrected chi connectivity index (χ3v) is 4.22. The Balaban J connectivity index is 2.03. The average Bonchev–Trinajstić information content (AvgIpc) is 2.90. The van der Waals surface area contributed by atoms with Crippen LogP contribution in [0.2, 0.25) is 10.0 Å². The first kappa shape index (κ1) is 18.6. The van der Waals surface area contributed by atoms with Gasteiger partial charge in [-0.05, 0) is 43.2 Å². The summed E-state index contributed by atoms with van der Waals surface area (Å²) in [5, 5.41) is 3.81. The molecule has 0 saturated heterocycles. The summed E-state index contributed by atoms with van der Waals surface area (Å²) in [4.78, 5) is 23.8. The van der Waals surface area contributed by atoms with Gasteiger partial charge in [-0.3, -0.25) is 9.59 Å². The molecule has 2 rings (SSSR count). The highest BCUT2D eigenvalue weighted by molar-refractivity contribution is 6.34. The molecular weight excluding hydrogens is 353 g/mol. The zero-order valence-electron chi connectivity index (χ0n) is 13.7. The SMILES string of the molecule is COC(=O)C[C@H](C)NC(=O)C1(C)CC(c2cc(Cl)cc(Cl)c2)=CO1. The number of nitrogens with one attached hydrogen (secondary N) is 1. The molecule has 0 aliphatic carbocycles. The van der Waals surface area contributed by atoms with Gasteiger partial charge in [-0.1, -0.05) is 23.2 Å². The predicted molar refractivity (Wildman–Crippen MR) is 92.8 cm³/mol. The zero-order valence-corrected chi connectivity index (χ0v) is 15.2. The number of carbonyl (C=O) groups excluding carboxylic acids is 2. The molecule has 1 aromatic rings. The van der Waals surface area contributed by atoms with E-state index in [-0.39, 0.29) is 24.3 Å². The van der Waals surface area contributed by atoms with E-state index in [1.54, 1.807) is 38.3 Å². The van der Waals surface area contributed by atoms with Gasteiger partial charge in [0.1, 0.15) is 0 Å². The van der Waals surface area contributed by atoms with Crippen LogP contribution >= 0.6 is 23.2 Å². The van der Waals surface area contributed by atoms with E-state index in [0.29, 0.717) is 16.5 Å². The monoisotopic (exact) mass is 371 g/mol. The van der Waals surface area contributed by atoms with Crippen molar-refractivity contribution in [3.63, 3.8) is 0 Å². The van der Waals surface area contributed by atoms with E-state index in [4.69, 9.17) is 27.9 Å². The van der Waals surface area contributed by atoms with Crippen LogP contribution in [0.4, 0.5) is 0 Å². The Bertz CT molecular complexity index is 669. The van der Waals surface area contributed by atoms with Crippen molar-refractivity contribution in [1.82, 2.24) is 5.32 Å². The van der Waals surface area contributed by atoms with Crippen molar-refractivity contribution in [2.45, 2.75) is 38.3 Å². The van der Waals surface area contributed by atoms with Crippen molar-refractivity contribution in [1.29, 1.82) is 0 Å². The summed E-state index contributed by atoms with van der Waals surface area (Å²) in [6.45, 7) is 3.43. The molecule has 24 heavy (non-hydrogen) atoms. The van der Waals surface area contributed by atoms with E-state index in [2.05, 4.69) is 10.1 Å². The minimum absolute atomic E-state index is 0.0997. The molecule has 2 atom stereocenters. The van der Waals surface area contributed by atoms with Crippen LogP contribution in [0.15, 0.2) is 24.5 Å². The summed E-state index contributed by atoms with van der Waals surface area (Å²) in [5.41, 5.74) is 0.596. The first-order chi connectivity index (χ1) is 11.2. The van der Waals surface area contributed by atoms with Gasteiger partial charge >= 0.3 is 5.97 Å². The molecule has 1 aliphatic rings. The number of hydrogen-bond donors (Lipinski definition) is 1. The molecule has 0 saturated carbocycles. The second kappa shape index (κ2) is 7.45. The summed E-state index contributed by atoms with van der Waals surface area (Å²) < 4.78 is 10.2. The van der Waals surface area contributed by atoms with Crippen molar-refractivity contribution >= 4 is 40.7 Å². The van der Waals surface area contributed by atoms with E-state index in [0.717, 1.165) is 11.1 Å². The number of ether oxygens (including phenoxy) is 2. The number of halogens is 2. The van der Waals surface area contributed by atoms with Gasteiger partial charge in [-0.25, -0.2) is 0 Å². The lowest BCUT2D eigenvalue weighted by Gasteiger charge is -2.25. The molecule has 1 aliphatic heterocycles. The largest absolute Gasteiger partial charge is 0.485 e. The Morgan fingerprint density at radius 2 is 1.96 bits per heavy atom. The molecule has 7 heteroatoms. The van der Waals surface area contributed by atoms with E-state index >= 15 is 0 Å². The quantitative estimate of drug-likeness (QED) is 0.803. The molecule has 1 heterocycles. The lowest BCUT2D eigenvalue weighted by Crippen LogP contribution is -2.48. The van der Waals surface area contributed by atoms with Gasteiger partial charge < -0.3 is 14.8 Å². The molecule has 0 spiro atoms. The molecule has 1 N–H and O–H groups in total. The van der Waals surface area contributed by atoms with Crippen LogP contribution in [0.1, 0.15) is 32.3 Å². The molecule has 0 fully saturated rings. The van der Waals surface area contributed by atoms with Crippen molar-refractivity contribution in [2.24, 2.45) is 0 Å². The van der Waals surface area contributed by atoms with Crippen LogP contribution < -0.4 is 5.32 Å². The van der Waals surface area contributed by atoms with Crippen LogP contribution in [0.3, 0.4) is 0 Å². The third-order valence-electron chi connectivity index (χ3n) is 3.78. The van der Waals surface area contributed by atoms with Gasteiger partial charge in [0.25, 0.3) is 5.91 Å². The molecule has 0 aromatic heterocycles. The fourth-order valence-electron chi connectivity index (χ4n) is 2.45. The van der Waals surface area contributed by atoms with Crippen molar-refractivity contribution < 1.29 is 19.1 Å². The fraction of sp³-hybridized carbons (Fsp3) is 0.412. The maximum atomic E-state index is 12.5. The van der Waals surface area contributed by atoms with Crippen LogP contribution in [-0.4, -0.2) is 30.6 Å². The van der Waals surface area contributed by atoms with Crippen molar-refractivity contribution in [2.75, 3.05) is 7.11 Å². The minimum Gasteiger partial charge on any atom is -0.485 e. The second-order valence-corrected chi connectivity index (χ2v) is 6.85. The molecule has 0 bridgehead atoms. The fourth-order valence-corrected chi connectivity index (χ4v) is 2.98. The molecule has 1 aromatic carbocycles. The third kappa shape index (κ3) is 4.42. The molecule has 5 nitrogen and oxygen atoms in total. The Morgan fingerprint density at radius 3 is 2.54 bits per heavy atom. The zero-order chi connectivity index (χ0) is 17.9. The van der Waals surface area contributed by atoms with E-state index in [1.807, 2.05) is 0 Å². The first-order valence-corrected chi connectivity index (χ1v) is 8.20. The number of amides is 1. The molecule has 1 amide bonds. The molecular formula is C17H19Cl2NO4. The van der Waals surface area contributed by atoms with E-state index in [1.165, 1.54) is 7.11 Å². The van der Waals surface area contributed by atoms with Gasteiger partial charge in [0.05, 0.1) is 19.8 Å². The van der Waals surface area contributed by atoms with E-state index in [9.17, 15) is 9.59 Å². The Hall–Kier alpha value is -1.72. The Morgan fingerprint density at radius 1 is 1.33 bits per heavy atom. The summed E-state index contributed by atoms with van der Waals surface area (Å²) in [7, 11) is 1.31. The number of benzene rings is 1. The maximum absolute atomic E-state index is 12.5. The van der Waals surface area contributed by atoms with Crippen LogP contribution in [-0.2, 0) is 19.1 Å². The van der Waals surface area contributed by atoms with Crippen LogP contribution in [0.5, 0.6) is 0 Å². The highest BCUT2D eigenvalue weighted by Gasteiger charge is 2.40. The van der Waals surface area contributed by atoms with Gasteiger partial charge in [-0.15, -0.1) is 0 Å². The number of hydrogen-bond acceptors (Lipinski definition) is 4. The lowest BCUT2D eigenvalue weighted by atomic mass is 9.94.